The Balaban J connectivity index is 2.20. The summed E-state index contributed by atoms with van der Waals surface area (Å²) in [7, 11) is 0. The summed E-state index contributed by atoms with van der Waals surface area (Å²) < 4.78 is 5.00. The first-order valence-electron chi connectivity index (χ1n) is 3.20. The van der Waals surface area contributed by atoms with Gasteiger partial charge in [0.2, 0.25) is 0 Å². The maximum Gasteiger partial charge on any atom is 0.408 e. The average molecular weight is 127 g/mol. The molecule has 0 spiro atoms. The fraction of sp³-hybridized carbons (Fsp3) is 0.833. The van der Waals surface area contributed by atoms with Crippen LogP contribution in [0.4, 0.5) is 4.79 Å². The fourth-order valence-corrected chi connectivity index (χ4v) is 1.43. The molecule has 2 unspecified atom stereocenters. The Morgan fingerprint density at radius 2 is 2.67 bits per heavy atom. The molecule has 2 rings (SSSR count). The largest absolute Gasteiger partial charge is 0.441 e. The smallest absolute Gasteiger partial charge is 0.408 e. The van der Waals surface area contributed by atoms with Crippen molar-refractivity contribution in [2.75, 3.05) is 0 Å². The summed E-state index contributed by atoms with van der Waals surface area (Å²) >= 11 is 0. The van der Waals surface area contributed by atoms with Gasteiger partial charge in [0.25, 0.3) is 0 Å². The second-order valence-corrected chi connectivity index (χ2v) is 2.94. The third-order valence-corrected chi connectivity index (χ3v) is 2.28. The Labute approximate surface area is 53.4 Å². The highest BCUT2D eigenvalue weighted by Gasteiger charge is 2.52. The van der Waals surface area contributed by atoms with Crippen LogP contribution in [0.2, 0.25) is 0 Å². The van der Waals surface area contributed by atoms with E-state index in [-0.39, 0.29) is 11.7 Å². The monoisotopic (exact) mass is 127 g/mol. The Morgan fingerprint density at radius 1 is 1.89 bits per heavy atom. The molecule has 9 heavy (non-hydrogen) atoms. The number of alkyl carbamates (subject to hydrolysis) is 1. The van der Waals surface area contributed by atoms with Gasteiger partial charge in [-0.25, -0.2) is 4.79 Å². The minimum atomic E-state index is -0.250. The van der Waals surface area contributed by atoms with Gasteiger partial charge in [-0.15, -0.1) is 0 Å². The molecule has 1 aliphatic carbocycles. The van der Waals surface area contributed by atoms with Crippen molar-refractivity contribution in [1.82, 2.24) is 5.32 Å². The fourth-order valence-electron chi connectivity index (χ4n) is 1.43. The van der Waals surface area contributed by atoms with Crippen molar-refractivity contribution in [3.63, 3.8) is 0 Å². The quantitative estimate of drug-likeness (QED) is 0.518. The summed E-state index contributed by atoms with van der Waals surface area (Å²) in [5.74, 6) is 0. The van der Waals surface area contributed by atoms with E-state index in [0.29, 0.717) is 6.04 Å². The van der Waals surface area contributed by atoms with Crippen LogP contribution in [0.1, 0.15) is 19.8 Å². The molecule has 3 nitrogen and oxygen atoms in total. The summed E-state index contributed by atoms with van der Waals surface area (Å²) in [6.45, 7) is 1.97. The zero-order valence-electron chi connectivity index (χ0n) is 5.31. The Kier molecular flexibility index (Phi) is 0.693. The minimum absolute atomic E-state index is 0.156. The molecule has 1 saturated heterocycles. The standard InChI is InChI=1S/C6H9NO2/c1-6-3-2-4(6)7-5(8)9-6/h4H,2-3H2,1H3,(H,7,8). The Bertz CT molecular complexity index is 168. The van der Waals surface area contributed by atoms with Crippen molar-refractivity contribution in [3.05, 3.63) is 0 Å². The first-order chi connectivity index (χ1) is 4.21. The summed E-state index contributed by atoms with van der Waals surface area (Å²) in [5.41, 5.74) is -0.156. The highest BCUT2D eigenvalue weighted by molar-refractivity contribution is 5.71. The van der Waals surface area contributed by atoms with Crippen molar-refractivity contribution < 1.29 is 9.53 Å². The number of ether oxygens (including phenoxy) is 1. The highest BCUT2D eigenvalue weighted by atomic mass is 16.6. The van der Waals surface area contributed by atoms with Crippen LogP contribution < -0.4 is 5.32 Å². The van der Waals surface area contributed by atoms with Crippen LogP contribution in [0.15, 0.2) is 0 Å². The van der Waals surface area contributed by atoms with Crippen LogP contribution in [0.5, 0.6) is 0 Å². The number of nitrogens with one attached hydrogen (secondary N) is 1. The second-order valence-electron chi connectivity index (χ2n) is 2.94. The molecular weight excluding hydrogens is 118 g/mol. The van der Waals surface area contributed by atoms with Gasteiger partial charge in [-0.1, -0.05) is 0 Å². The zero-order chi connectivity index (χ0) is 6.48. The number of amides is 1. The molecule has 2 aliphatic rings. The molecule has 3 heteroatoms. The van der Waals surface area contributed by atoms with E-state index in [4.69, 9.17) is 4.74 Å². The minimum Gasteiger partial charge on any atom is -0.441 e. The van der Waals surface area contributed by atoms with Crippen molar-refractivity contribution in [1.29, 1.82) is 0 Å². The molecule has 0 aromatic rings. The number of rotatable bonds is 0. The molecule has 50 valence electrons. The summed E-state index contributed by atoms with van der Waals surface area (Å²) in [6, 6.07) is 0.296. The molecule has 1 aliphatic heterocycles. The predicted molar refractivity (Wildman–Crippen MR) is 31.0 cm³/mol. The Hall–Kier alpha value is -0.730. The van der Waals surface area contributed by atoms with E-state index in [1.165, 1.54) is 0 Å². The van der Waals surface area contributed by atoms with E-state index in [0.717, 1.165) is 12.8 Å². The molecular formula is C6H9NO2. The molecule has 0 bridgehead atoms. The maximum absolute atomic E-state index is 10.6. The van der Waals surface area contributed by atoms with Gasteiger partial charge in [-0.2, -0.15) is 0 Å². The molecule has 1 N–H and O–H groups in total. The SMILES string of the molecule is CC12CCC1NC(=O)O2. The lowest BCUT2D eigenvalue weighted by Crippen LogP contribution is -2.50. The molecule has 2 atom stereocenters. The molecule has 1 amide bonds. The normalized spacial score (nSPS) is 46.8. The molecule has 0 radical (unpaired) electrons. The van der Waals surface area contributed by atoms with Crippen molar-refractivity contribution >= 4 is 6.09 Å². The van der Waals surface area contributed by atoms with Gasteiger partial charge in [0.05, 0.1) is 6.04 Å². The third-order valence-electron chi connectivity index (χ3n) is 2.28. The molecule has 1 saturated carbocycles. The lowest BCUT2D eigenvalue weighted by molar-refractivity contribution is -0.00521. The molecule has 2 fully saturated rings. The van der Waals surface area contributed by atoms with Crippen LogP contribution in [0, 0.1) is 0 Å². The van der Waals surface area contributed by atoms with Crippen LogP contribution in [-0.2, 0) is 4.74 Å². The second kappa shape index (κ2) is 1.23. The molecule has 1 heterocycles. The van der Waals surface area contributed by atoms with Crippen molar-refractivity contribution in [3.8, 4) is 0 Å². The lowest BCUT2D eigenvalue weighted by atomic mass is 9.77. The maximum atomic E-state index is 10.6. The average Bonchev–Trinajstić information content (AvgIpc) is 1.94. The number of carbonyl (C=O) groups excluding carboxylic acids is 1. The Morgan fingerprint density at radius 3 is 2.89 bits per heavy atom. The van der Waals surface area contributed by atoms with E-state index in [9.17, 15) is 4.79 Å². The third kappa shape index (κ3) is 0.491. The van der Waals surface area contributed by atoms with Gasteiger partial charge in [0.1, 0.15) is 5.60 Å². The molecule has 0 aromatic heterocycles. The van der Waals surface area contributed by atoms with Crippen LogP contribution in [0.3, 0.4) is 0 Å². The van der Waals surface area contributed by atoms with Crippen LogP contribution in [-0.4, -0.2) is 17.7 Å². The van der Waals surface area contributed by atoms with Crippen LogP contribution in [0.25, 0.3) is 0 Å². The van der Waals surface area contributed by atoms with Gasteiger partial charge in [0, 0.05) is 0 Å². The van der Waals surface area contributed by atoms with Gasteiger partial charge < -0.3 is 10.1 Å². The first kappa shape index (κ1) is 5.09. The van der Waals surface area contributed by atoms with Crippen molar-refractivity contribution in [2.45, 2.75) is 31.4 Å². The van der Waals surface area contributed by atoms with Gasteiger partial charge in [-0.3, -0.25) is 0 Å². The van der Waals surface area contributed by atoms with E-state index < -0.39 is 0 Å². The van der Waals surface area contributed by atoms with Crippen LogP contribution >= 0.6 is 0 Å². The van der Waals surface area contributed by atoms with Gasteiger partial charge in [0.15, 0.2) is 0 Å². The van der Waals surface area contributed by atoms with Gasteiger partial charge in [-0.05, 0) is 19.8 Å². The zero-order valence-corrected chi connectivity index (χ0v) is 5.31. The van der Waals surface area contributed by atoms with E-state index >= 15 is 0 Å². The highest BCUT2D eigenvalue weighted by Crippen LogP contribution is 2.39. The van der Waals surface area contributed by atoms with E-state index in [1.807, 2.05) is 6.92 Å². The van der Waals surface area contributed by atoms with E-state index in [1.54, 1.807) is 0 Å². The van der Waals surface area contributed by atoms with E-state index in [2.05, 4.69) is 5.32 Å². The summed E-state index contributed by atoms with van der Waals surface area (Å²) in [6.07, 6.45) is 1.83. The summed E-state index contributed by atoms with van der Waals surface area (Å²) in [5, 5.41) is 2.73. The van der Waals surface area contributed by atoms with Gasteiger partial charge >= 0.3 is 6.09 Å². The predicted octanol–water partition coefficient (Wildman–Crippen LogP) is 0.647. The number of hydrogen-bond donors (Lipinski definition) is 1. The number of fused-ring (bicyclic) bond motifs is 1. The summed E-state index contributed by atoms with van der Waals surface area (Å²) in [4.78, 5) is 10.6. The topological polar surface area (TPSA) is 38.3 Å². The number of carbonyl (C=O) groups is 1. The molecule has 0 aromatic carbocycles. The lowest BCUT2D eigenvalue weighted by Gasteiger charge is -2.37. The first-order valence-corrected chi connectivity index (χ1v) is 3.20. The van der Waals surface area contributed by atoms with Crippen molar-refractivity contribution in [2.24, 2.45) is 0 Å². The number of hydrogen-bond acceptors (Lipinski definition) is 2.